The topological polar surface area (TPSA) is 127 Å². The molecule has 1 heterocycles. The molecular formula is C24H26N6O. The predicted octanol–water partition coefficient (Wildman–Crippen LogP) is 2.62. The van der Waals surface area contributed by atoms with Gasteiger partial charge in [-0.1, -0.05) is 36.5 Å². The van der Waals surface area contributed by atoms with Crippen molar-refractivity contribution in [1.82, 2.24) is 10.9 Å². The van der Waals surface area contributed by atoms with Crippen LogP contribution in [0.25, 0.3) is 0 Å². The molecule has 1 atom stereocenters. The lowest BCUT2D eigenvalue weighted by Gasteiger charge is -2.20. The molecule has 1 unspecified atom stereocenters. The van der Waals surface area contributed by atoms with Gasteiger partial charge in [0, 0.05) is 42.9 Å². The number of rotatable bonds is 7. The highest BCUT2D eigenvalue weighted by molar-refractivity contribution is 5.96. The van der Waals surface area contributed by atoms with E-state index in [-0.39, 0.29) is 11.9 Å². The second-order valence-electron chi connectivity index (χ2n) is 6.82. The van der Waals surface area contributed by atoms with Crippen molar-refractivity contribution in [3.05, 3.63) is 82.0 Å². The van der Waals surface area contributed by atoms with E-state index in [2.05, 4.69) is 28.0 Å². The van der Waals surface area contributed by atoms with E-state index >= 15 is 0 Å². The Bertz CT molecular complexity index is 1030. The Labute approximate surface area is 183 Å². The summed E-state index contributed by atoms with van der Waals surface area (Å²) in [5.41, 5.74) is 15.3. The lowest BCUT2D eigenvalue weighted by Crippen LogP contribution is -2.50. The number of amides is 1. The van der Waals surface area contributed by atoms with E-state index in [9.17, 15) is 10.1 Å². The maximum atomic E-state index is 12.0. The lowest BCUT2D eigenvalue weighted by atomic mass is 9.97. The van der Waals surface area contributed by atoms with E-state index in [1.165, 1.54) is 0 Å². The van der Waals surface area contributed by atoms with Gasteiger partial charge in [0.1, 0.15) is 0 Å². The van der Waals surface area contributed by atoms with E-state index < -0.39 is 0 Å². The third-order valence-corrected chi connectivity index (χ3v) is 4.80. The third kappa shape index (κ3) is 6.61. The van der Waals surface area contributed by atoms with Crippen LogP contribution in [-0.4, -0.2) is 31.8 Å². The molecule has 0 bridgehead atoms. The Morgan fingerprint density at radius 3 is 2.81 bits per heavy atom. The smallest absolute Gasteiger partial charge is 0.265 e. The molecule has 1 amide bonds. The van der Waals surface area contributed by atoms with E-state index in [0.29, 0.717) is 36.1 Å². The first-order valence-corrected chi connectivity index (χ1v) is 9.91. The second kappa shape index (κ2) is 12.0. The second-order valence-corrected chi connectivity index (χ2v) is 6.82. The van der Waals surface area contributed by atoms with Crippen LogP contribution in [0.15, 0.2) is 87.0 Å². The predicted molar refractivity (Wildman–Crippen MR) is 122 cm³/mol. The van der Waals surface area contributed by atoms with Crippen LogP contribution in [0.5, 0.6) is 0 Å². The standard InChI is InChI=1S/C24H26N6O/c1-3-17(4-8-19-12-22(15-27)29-30-24(19)31)5-10-21(16-28-2)23-11-7-18(13-25)6-9-20(23)14-26/h3-4,6-8,10-12,16,22,29H,5,9,15,27H2,1-2H3,(H,30,31)/b8-4-,17-3+,21-10+,28-16?. The van der Waals surface area contributed by atoms with Gasteiger partial charge in [-0.15, -0.1) is 0 Å². The lowest BCUT2D eigenvalue weighted by molar-refractivity contribution is -0.118. The number of allylic oxidation sites excluding steroid dienone is 11. The number of nitrogens with one attached hydrogen (secondary N) is 2. The van der Waals surface area contributed by atoms with Crippen molar-refractivity contribution in [2.24, 2.45) is 10.7 Å². The summed E-state index contributed by atoms with van der Waals surface area (Å²) in [5, 5.41) is 18.7. The van der Waals surface area contributed by atoms with Gasteiger partial charge in [0.25, 0.3) is 5.91 Å². The van der Waals surface area contributed by atoms with Crippen molar-refractivity contribution in [2.45, 2.75) is 25.8 Å². The minimum Gasteiger partial charge on any atom is -0.329 e. The van der Waals surface area contributed by atoms with Gasteiger partial charge in [-0.25, -0.2) is 5.43 Å². The Balaban J connectivity index is 2.27. The molecule has 0 aromatic carbocycles. The molecule has 0 fully saturated rings. The molecule has 1 aliphatic heterocycles. The van der Waals surface area contributed by atoms with Crippen molar-refractivity contribution in [1.29, 1.82) is 10.5 Å². The molecule has 1 aliphatic carbocycles. The first-order chi connectivity index (χ1) is 15.1. The maximum Gasteiger partial charge on any atom is 0.265 e. The number of nitriles is 2. The summed E-state index contributed by atoms with van der Waals surface area (Å²) in [5.74, 6) is -0.209. The molecule has 0 aromatic heterocycles. The largest absolute Gasteiger partial charge is 0.329 e. The van der Waals surface area contributed by atoms with Gasteiger partial charge in [0.05, 0.1) is 18.2 Å². The summed E-state index contributed by atoms with van der Waals surface area (Å²) in [4.78, 5) is 16.1. The molecular weight excluding hydrogens is 388 g/mol. The van der Waals surface area contributed by atoms with Crippen molar-refractivity contribution in [2.75, 3.05) is 13.6 Å². The average Bonchev–Trinajstić information content (AvgIpc) is 3.01. The minimum atomic E-state index is -0.209. The molecule has 0 saturated carbocycles. The van der Waals surface area contributed by atoms with Crippen molar-refractivity contribution in [3.8, 4) is 12.1 Å². The van der Waals surface area contributed by atoms with Gasteiger partial charge in [0.2, 0.25) is 0 Å². The van der Waals surface area contributed by atoms with Crippen LogP contribution >= 0.6 is 0 Å². The first-order valence-electron chi connectivity index (χ1n) is 9.91. The van der Waals surface area contributed by atoms with Crippen LogP contribution < -0.4 is 16.6 Å². The normalized spacial score (nSPS) is 20.3. The van der Waals surface area contributed by atoms with E-state index in [4.69, 9.17) is 11.0 Å². The molecule has 2 aliphatic rings. The summed E-state index contributed by atoms with van der Waals surface area (Å²) in [7, 11) is 1.67. The van der Waals surface area contributed by atoms with Gasteiger partial charge in [-0.3, -0.25) is 15.2 Å². The molecule has 4 N–H and O–H groups in total. The highest BCUT2D eigenvalue weighted by Gasteiger charge is 2.16. The van der Waals surface area contributed by atoms with Gasteiger partial charge in [-0.05, 0) is 42.2 Å². The molecule has 2 rings (SSSR count). The molecule has 0 spiro atoms. The quantitative estimate of drug-likeness (QED) is 0.436. The maximum absolute atomic E-state index is 12.0. The summed E-state index contributed by atoms with van der Waals surface area (Å²) in [6.45, 7) is 2.30. The van der Waals surface area contributed by atoms with E-state index in [1.807, 2.05) is 25.2 Å². The van der Waals surface area contributed by atoms with Gasteiger partial charge < -0.3 is 5.73 Å². The molecule has 7 nitrogen and oxygen atoms in total. The van der Waals surface area contributed by atoms with Crippen LogP contribution in [0.4, 0.5) is 0 Å². The number of hydrogen-bond acceptors (Lipinski definition) is 6. The zero-order valence-corrected chi connectivity index (χ0v) is 17.7. The summed E-state index contributed by atoms with van der Waals surface area (Å²) >= 11 is 0. The Hall–Kier alpha value is -3.78. The van der Waals surface area contributed by atoms with Crippen LogP contribution in [0.2, 0.25) is 0 Å². The first kappa shape index (κ1) is 23.5. The zero-order chi connectivity index (χ0) is 22.6. The van der Waals surface area contributed by atoms with Gasteiger partial charge >= 0.3 is 0 Å². The van der Waals surface area contributed by atoms with Crippen molar-refractivity contribution < 1.29 is 4.79 Å². The fourth-order valence-corrected chi connectivity index (χ4v) is 3.02. The zero-order valence-electron chi connectivity index (χ0n) is 17.7. The summed E-state index contributed by atoms with van der Waals surface area (Å²) < 4.78 is 0. The third-order valence-electron chi connectivity index (χ3n) is 4.80. The fourth-order valence-electron chi connectivity index (χ4n) is 3.02. The van der Waals surface area contributed by atoms with Crippen LogP contribution in [0, 0.1) is 22.7 Å². The molecule has 0 saturated heterocycles. The highest BCUT2D eigenvalue weighted by Crippen LogP contribution is 2.24. The summed E-state index contributed by atoms with van der Waals surface area (Å²) in [6, 6.07) is 4.24. The number of nitrogens with two attached hydrogens (primary N) is 1. The van der Waals surface area contributed by atoms with Gasteiger partial charge in [0.15, 0.2) is 0 Å². The Kier molecular flexibility index (Phi) is 9.13. The SMILES string of the molecule is C/C=C(\C=C/C1=CC(CN)NNC1=O)C/C=C(\C=NC)C1=C(C#N)CC=C(C#N)C=C1. The highest BCUT2D eigenvalue weighted by atomic mass is 16.2. The fraction of sp³-hybridized carbons (Fsp3) is 0.250. The number of aliphatic imine (C=N–C) groups is 1. The van der Waals surface area contributed by atoms with E-state index in [0.717, 1.165) is 16.7 Å². The van der Waals surface area contributed by atoms with Gasteiger partial charge in [-0.2, -0.15) is 10.5 Å². The molecule has 158 valence electrons. The Morgan fingerprint density at radius 2 is 2.16 bits per heavy atom. The van der Waals surface area contributed by atoms with E-state index in [1.54, 1.807) is 43.6 Å². The molecule has 0 aromatic rings. The molecule has 0 radical (unpaired) electrons. The monoisotopic (exact) mass is 414 g/mol. The number of carbonyl (C=O) groups excluding carboxylic acids is 1. The minimum absolute atomic E-state index is 0.107. The van der Waals surface area contributed by atoms with Crippen LogP contribution in [0.1, 0.15) is 19.8 Å². The summed E-state index contributed by atoms with van der Waals surface area (Å²) in [6.07, 6.45) is 17.3. The van der Waals surface area contributed by atoms with Crippen molar-refractivity contribution >= 4 is 12.1 Å². The number of hydrogen-bond donors (Lipinski definition) is 3. The van der Waals surface area contributed by atoms with Crippen LogP contribution in [0.3, 0.4) is 0 Å². The Morgan fingerprint density at radius 1 is 1.35 bits per heavy atom. The number of hydrazine groups is 1. The molecule has 7 heteroatoms. The molecule has 31 heavy (non-hydrogen) atoms. The number of nitrogens with zero attached hydrogens (tertiary/aromatic N) is 3. The van der Waals surface area contributed by atoms with Crippen molar-refractivity contribution in [3.63, 3.8) is 0 Å². The average molecular weight is 415 g/mol. The van der Waals surface area contributed by atoms with Crippen LogP contribution in [-0.2, 0) is 4.79 Å². The number of carbonyl (C=O) groups is 1.